The van der Waals surface area contributed by atoms with E-state index in [2.05, 4.69) is 88.4 Å². The summed E-state index contributed by atoms with van der Waals surface area (Å²) in [5.74, 6) is 1.33. The maximum absolute atomic E-state index is 3.74. The molecule has 3 heteroatoms. The summed E-state index contributed by atoms with van der Waals surface area (Å²) in [4.78, 5) is 0. The van der Waals surface area contributed by atoms with E-state index in [0.29, 0.717) is 11.8 Å². The van der Waals surface area contributed by atoms with E-state index in [4.69, 9.17) is 0 Å². The molecule has 2 aromatic carbocycles. The Bertz CT molecular complexity index is 1140. The van der Waals surface area contributed by atoms with Crippen LogP contribution in [0.4, 0.5) is 0 Å². The topological polar surface area (TPSA) is 0 Å². The first-order valence-electron chi connectivity index (χ1n) is 10.3. The average molecular weight is 516 g/mol. The van der Waals surface area contributed by atoms with Crippen LogP contribution in [0.5, 0.6) is 0 Å². The number of hydrogen-bond donors (Lipinski definition) is 0. The molecule has 30 heavy (non-hydrogen) atoms. The Hall–Kier alpha value is -0.877. The van der Waals surface area contributed by atoms with Gasteiger partial charge in [-0.1, -0.05) is 98.2 Å². The summed E-state index contributed by atoms with van der Waals surface area (Å²) >= 11 is 0. The third-order valence-electron chi connectivity index (χ3n) is 5.46. The molecule has 0 atom stereocenters. The quantitative estimate of drug-likeness (QED) is 0.406. The first-order chi connectivity index (χ1) is 13.0. The Morgan fingerprint density at radius 3 is 2.17 bits per heavy atom. The molecular formula is C27H29Cl2Zr. The Balaban J connectivity index is 0.00000150. The van der Waals surface area contributed by atoms with E-state index in [0.717, 1.165) is 19.3 Å². The number of rotatable bonds is 5. The van der Waals surface area contributed by atoms with Crippen LogP contribution < -0.4 is 35.3 Å². The van der Waals surface area contributed by atoms with Gasteiger partial charge in [0.1, 0.15) is 0 Å². The van der Waals surface area contributed by atoms with Gasteiger partial charge in [0, 0.05) is 0 Å². The number of fused-ring (bicyclic) bond motifs is 2. The van der Waals surface area contributed by atoms with Crippen molar-refractivity contribution in [2.75, 3.05) is 0 Å². The summed E-state index contributed by atoms with van der Waals surface area (Å²) in [7, 11) is 0. The predicted molar refractivity (Wildman–Crippen MR) is 116 cm³/mol. The van der Waals surface area contributed by atoms with Gasteiger partial charge in [-0.15, -0.1) is 33.4 Å². The fraction of sp³-hybridized carbons (Fsp3) is 0.333. The van der Waals surface area contributed by atoms with Gasteiger partial charge in [0.2, 0.25) is 0 Å². The molecular weight excluding hydrogens is 486 g/mol. The third-order valence-corrected chi connectivity index (χ3v) is 5.46. The summed E-state index contributed by atoms with van der Waals surface area (Å²) in [6, 6.07) is 13.4. The van der Waals surface area contributed by atoms with E-state index in [1.54, 1.807) is 5.57 Å². The smallest absolute Gasteiger partial charge is 1.00 e. The van der Waals surface area contributed by atoms with Crippen molar-refractivity contribution < 1.29 is 51.0 Å². The zero-order chi connectivity index (χ0) is 19.0. The van der Waals surface area contributed by atoms with Crippen LogP contribution in [0, 0.1) is 22.3 Å². The molecule has 0 spiro atoms. The molecule has 155 valence electrons. The van der Waals surface area contributed by atoms with Gasteiger partial charge in [-0.3, -0.25) is 0 Å². The fourth-order valence-electron chi connectivity index (χ4n) is 4.47. The summed E-state index contributed by atoms with van der Waals surface area (Å²) in [5.41, 5.74) is 5.76. The SMILES string of the molecule is CC(C)CC(CC(C)C)=c1ccc2c(c1C1=CC=CC1)[C-]=c1ccccc1=2.[Cl-].[Cl-].[Zr+3]. The summed E-state index contributed by atoms with van der Waals surface area (Å²) in [6.07, 6.45) is 13.9. The first-order valence-corrected chi connectivity index (χ1v) is 10.3. The molecule has 2 aliphatic carbocycles. The van der Waals surface area contributed by atoms with Crippen LogP contribution in [0.25, 0.3) is 17.2 Å². The number of hydrogen-bond acceptors (Lipinski definition) is 0. The van der Waals surface area contributed by atoms with E-state index < -0.39 is 0 Å². The van der Waals surface area contributed by atoms with Gasteiger partial charge < -0.3 is 24.8 Å². The molecule has 0 amide bonds. The second-order valence-corrected chi connectivity index (χ2v) is 8.70. The van der Waals surface area contributed by atoms with Crippen molar-refractivity contribution in [3.05, 3.63) is 86.6 Å². The molecule has 2 aromatic rings. The van der Waals surface area contributed by atoms with Gasteiger partial charge in [0.15, 0.2) is 0 Å². The van der Waals surface area contributed by atoms with Crippen molar-refractivity contribution in [2.24, 2.45) is 11.8 Å². The molecule has 4 rings (SSSR count). The molecule has 0 unspecified atom stereocenters. The molecule has 0 saturated carbocycles. The average Bonchev–Trinajstić information content (AvgIpc) is 3.27. The van der Waals surface area contributed by atoms with Gasteiger partial charge in [0.05, 0.1) is 0 Å². The van der Waals surface area contributed by atoms with Gasteiger partial charge in [0.25, 0.3) is 0 Å². The van der Waals surface area contributed by atoms with E-state index in [1.807, 2.05) is 0 Å². The van der Waals surface area contributed by atoms with Crippen LogP contribution in [-0.2, 0) is 26.2 Å². The molecule has 2 aliphatic rings. The third kappa shape index (κ3) is 5.48. The summed E-state index contributed by atoms with van der Waals surface area (Å²) in [5, 5.41) is 5.34. The standard InChI is InChI=1S/C27H29.2ClH.Zr/c1-18(2)15-22(16-19(3)4)24-13-14-25-23-12-8-7-11-21(23)17-26(25)27(24)20-9-5-6-10-20;;;/h5-9,11-14,18-19H,10,15-16H2,1-4H3;2*1H;/q-1;;;+3/p-2. The van der Waals surface area contributed by atoms with Crippen molar-refractivity contribution in [3.8, 4) is 0 Å². The minimum atomic E-state index is 0. The van der Waals surface area contributed by atoms with E-state index in [9.17, 15) is 0 Å². The maximum Gasteiger partial charge on any atom is 3.00 e. The molecule has 0 fully saturated rings. The molecule has 0 N–H and O–H groups in total. The van der Waals surface area contributed by atoms with Crippen molar-refractivity contribution in [3.63, 3.8) is 0 Å². The van der Waals surface area contributed by atoms with Crippen LogP contribution in [0.15, 0.2) is 54.6 Å². The Morgan fingerprint density at radius 1 is 0.900 bits per heavy atom. The van der Waals surface area contributed by atoms with Crippen LogP contribution >= 0.6 is 0 Å². The van der Waals surface area contributed by atoms with Crippen molar-refractivity contribution in [1.82, 2.24) is 0 Å². The zero-order valence-corrected chi connectivity index (χ0v) is 22.2. The van der Waals surface area contributed by atoms with Gasteiger partial charge in [-0.25, -0.2) is 0 Å². The van der Waals surface area contributed by atoms with E-state index >= 15 is 0 Å². The van der Waals surface area contributed by atoms with Crippen LogP contribution in [0.2, 0.25) is 0 Å². The monoisotopic (exact) mass is 513 g/mol. The fourth-order valence-corrected chi connectivity index (χ4v) is 4.47. The first kappa shape index (κ1) is 27.2. The normalized spacial score (nSPS) is 12.9. The van der Waals surface area contributed by atoms with Gasteiger partial charge in [-0.2, -0.15) is 0 Å². The van der Waals surface area contributed by atoms with Gasteiger partial charge >= 0.3 is 26.2 Å². The molecule has 0 bridgehead atoms. The predicted octanol–water partition coefficient (Wildman–Crippen LogP) is -0.416. The molecule has 1 radical (unpaired) electrons. The van der Waals surface area contributed by atoms with E-state index in [1.165, 1.54) is 37.6 Å². The Morgan fingerprint density at radius 2 is 1.57 bits per heavy atom. The van der Waals surface area contributed by atoms with Crippen molar-refractivity contribution in [1.29, 1.82) is 0 Å². The van der Waals surface area contributed by atoms with Gasteiger partial charge in [-0.05, 0) is 31.1 Å². The minimum Gasteiger partial charge on any atom is -1.00 e. The van der Waals surface area contributed by atoms with Crippen molar-refractivity contribution >= 4 is 17.2 Å². The Kier molecular flexibility index (Phi) is 10.6. The second-order valence-electron chi connectivity index (χ2n) is 8.70. The number of benzene rings is 2. The molecule has 0 nitrogen and oxygen atoms in total. The van der Waals surface area contributed by atoms with E-state index in [-0.39, 0.29) is 51.0 Å². The summed E-state index contributed by atoms with van der Waals surface area (Å²) in [6.45, 7) is 9.32. The summed E-state index contributed by atoms with van der Waals surface area (Å²) < 4.78 is 0. The molecule has 0 saturated heterocycles. The second kappa shape index (κ2) is 11.7. The maximum atomic E-state index is 3.74. The zero-order valence-electron chi connectivity index (χ0n) is 18.2. The minimum absolute atomic E-state index is 0. The molecule has 0 aromatic heterocycles. The molecule has 0 heterocycles. The molecule has 0 aliphatic heterocycles. The van der Waals surface area contributed by atoms with Crippen LogP contribution in [-0.4, -0.2) is 0 Å². The number of allylic oxidation sites excluding steroid dienone is 4. The van der Waals surface area contributed by atoms with Crippen molar-refractivity contribution in [2.45, 2.75) is 47.0 Å². The largest absolute Gasteiger partial charge is 3.00 e. The van der Waals surface area contributed by atoms with Crippen LogP contribution in [0.3, 0.4) is 0 Å². The van der Waals surface area contributed by atoms with Crippen LogP contribution in [0.1, 0.15) is 58.1 Å². The number of halogens is 2. The Labute approximate surface area is 212 Å².